The van der Waals surface area contributed by atoms with Gasteiger partial charge in [-0.05, 0) is 12.1 Å². The van der Waals surface area contributed by atoms with Crippen LogP contribution in [-0.2, 0) is 25.2 Å². The van der Waals surface area contributed by atoms with E-state index in [2.05, 4.69) is 0 Å². The molecule has 0 spiro atoms. The van der Waals surface area contributed by atoms with Gasteiger partial charge in [0.2, 0.25) is 0 Å². The number of halogens is 5. The fourth-order valence-electron chi connectivity index (χ4n) is 1.83. The Labute approximate surface area is 132 Å². The molecule has 0 amide bonds. The second-order valence-electron chi connectivity index (χ2n) is 5.06. The molecule has 9 heteroatoms. The fraction of sp³-hybridized carbons (Fsp3) is 0.286. The number of benzene rings is 1. The van der Waals surface area contributed by atoms with Crippen LogP contribution in [0.25, 0.3) is 6.08 Å². The van der Waals surface area contributed by atoms with Crippen LogP contribution < -0.4 is 0 Å². The largest absolute Gasteiger partial charge is 0.419 e. The zero-order valence-electron chi connectivity index (χ0n) is 11.8. The highest BCUT2D eigenvalue weighted by Gasteiger charge is 2.39. The second-order valence-corrected chi connectivity index (χ2v) is 5.44. The molecule has 2 rings (SSSR count). The molecule has 1 fully saturated rings. The quantitative estimate of drug-likeness (QED) is 0.334. The van der Waals surface area contributed by atoms with Gasteiger partial charge in [0, 0.05) is 19.4 Å². The van der Waals surface area contributed by atoms with E-state index in [1.54, 1.807) is 0 Å². The average Bonchev–Trinajstić information content (AvgIpc) is 2.35. The molecular weight excluding hydrogens is 344 g/mol. The van der Waals surface area contributed by atoms with E-state index in [-0.39, 0.29) is 0 Å². The van der Waals surface area contributed by atoms with Crippen molar-refractivity contribution < 1.29 is 36.6 Å². The molecule has 0 aliphatic carbocycles. The van der Waals surface area contributed by atoms with E-state index in [9.17, 15) is 27.2 Å². The third kappa shape index (κ3) is 3.47. The maximum Gasteiger partial charge on any atom is 0.417 e. The molecule has 0 unspecified atom stereocenters. The zero-order chi connectivity index (χ0) is 17.6. The van der Waals surface area contributed by atoms with Gasteiger partial charge in [-0.25, -0.2) is 14.0 Å². The van der Waals surface area contributed by atoms with Crippen LogP contribution >= 0.6 is 11.6 Å². The first-order valence-electron chi connectivity index (χ1n) is 6.16. The van der Waals surface area contributed by atoms with Crippen molar-refractivity contribution in [2.75, 3.05) is 0 Å². The van der Waals surface area contributed by atoms with Crippen LogP contribution in [0, 0.1) is 5.82 Å². The Bertz CT molecular complexity index is 700. The van der Waals surface area contributed by atoms with Gasteiger partial charge in [0.15, 0.2) is 0 Å². The molecule has 1 aliphatic rings. The van der Waals surface area contributed by atoms with Gasteiger partial charge < -0.3 is 9.47 Å². The second kappa shape index (κ2) is 5.52. The van der Waals surface area contributed by atoms with Crippen LogP contribution in [0.4, 0.5) is 17.6 Å². The normalized spacial score (nSPS) is 17.6. The lowest BCUT2D eigenvalue weighted by molar-refractivity contribution is -0.222. The Balaban J connectivity index is 2.46. The molecule has 0 saturated carbocycles. The van der Waals surface area contributed by atoms with Gasteiger partial charge in [-0.1, -0.05) is 17.7 Å². The lowest BCUT2D eigenvalue weighted by Crippen LogP contribution is -2.41. The minimum atomic E-state index is -4.84. The number of cyclic esters (lactones) is 2. The van der Waals surface area contributed by atoms with Crippen molar-refractivity contribution in [1.29, 1.82) is 0 Å². The number of hydrogen-bond donors (Lipinski definition) is 0. The van der Waals surface area contributed by atoms with E-state index in [0.717, 1.165) is 12.1 Å². The van der Waals surface area contributed by atoms with E-state index in [0.29, 0.717) is 6.07 Å². The number of alkyl halides is 3. The number of carbonyl (C=O) groups excluding carboxylic acids is 2. The number of esters is 2. The number of rotatable bonds is 1. The predicted octanol–water partition coefficient (Wildman–Crippen LogP) is 3.72. The van der Waals surface area contributed by atoms with Gasteiger partial charge in [-0.3, -0.25) is 0 Å². The van der Waals surface area contributed by atoms with Crippen LogP contribution in [0.15, 0.2) is 17.7 Å². The van der Waals surface area contributed by atoms with Crippen molar-refractivity contribution in [3.8, 4) is 0 Å². The summed E-state index contributed by atoms with van der Waals surface area (Å²) in [6.07, 6.45) is -4.11. The minimum absolute atomic E-state index is 0.480. The number of ether oxygens (including phenoxy) is 2. The summed E-state index contributed by atoms with van der Waals surface area (Å²) >= 11 is 5.36. The fourth-order valence-corrected chi connectivity index (χ4v) is 2.11. The first-order chi connectivity index (χ1) is 10.4. The molecule has 124 valence electrons. The molecule has 1 aliphatic heterocycles. The van der Waals surface area contributed by atoms with E-state index in [4.69, 9.17) is 21.1 Å². The van der Waals surface area contributed by atoms with Crippen LogP contribution in [0.2, 0.25) is 5.02 Å². The number of carbonyl (C=O) groups is 2. The Morgan fingerprint density at radius 3 is 2.13 bits per heavy atom. The molecule has 0 aromatic heterocycles. The minimum Gasteiger partial charge on any atom is -0.419 e. The molecule has 1 saturated heterocycles. The Kier molecular flexibility index (Phi) is 4.14. The molecule has 23 heavy (non-hydrogen) atoms. The van der Waals surface area contributed by atoms with E-state index in [1.165, 1.54) is 13.8 Å². The van der Waals surface area contributed by atoms with Crippen molar-refractivity contribution in [2.45, 2.75) is 25.8 Å². The highest BCUT2D eigenvalue weighted by atomic mass is 35.5. The highest BCUT2D eigenvalue weighted by molar-refractivity contribution is 6.31. The summed E-state index contributed by atoms with van der Waals surface area (Å²) < 4.78 is 61.4. The summed E-state index contributed by atoms with van der Waals surface area (Å²) in [5, 5.41) is -1.16. The van der Waals surface area contributed by atoms with Gasteiger partial charge in [-0.2, -0.15) is 13.2 Å². The molecule has 0 radical (unpaired) electrons. The molecule has 1 aromatic rings. The monoisotopic (exact) mass is 352 g/mol. The maximum atomic E-state index is 14.0. The van der Waals surface area contributed by atoms with Crippen LogP contribution in [-0.4, -0.2) is 17.7 Å². The molecule has 0 atom stereocenters. The SMILES string of the molecule is CC1(C)OC(=O)C(=Cc2ccc(C(F)(F)F)c(Cl)c2F)C(=O)O1. The average molecular weight is 353 g/mol. The van der Waals surface area contributed by atoms with Crippen LogP contribution in [0.5, 0.6) is 0 Å². The zero-order valence-corrected chi connectivity index (χ0v) is 12.5. The first kappa shape index (κ1) is 17.3. The summed E-state index contributed by atoms with van der Waals surface area (Å²) in [5.74, 6) is -5.07. The Morgan fingerprint density at radius 2 is 1.65 bits per heavy atom. The standard InChI is InChI=1S/C14H9ClF4O4/c1-13(2)22-11(20)7(12(21)23-13)5-6-3-4-8(14(17,18)19)9(15)10(6)16/h3-5H,1-2H3. The first-order valence-corrected chi connectivity index (χ1v) is 6.54. The van der Waals surface area contributed by atoms with Crippen molar-refractivity contribution in [3.63, 3.8) is 0 Å². The molecule has 0 N–H and O–H groups in total. The third-order valence-electron chi connectivity index (χ3n) is 2.83. The summed E-state index contributed by atoms with van der Waals surface area (Å²) in [5.41, 5.74) is -2.50. The summed E-state index contributed by atoms with van der Waals surface area (Å²) in [6.45, 7) is 2.63. The lowest BCUT2D eigenvalue weighted by Gasteiger charge is -2.29. The van der Waals surface area contributed by atoms with Crippen molar-refractivity contribution in [1.82, 2.24) is 0 Å². The Morgan fingerprint density at radius 1 is 1.13 bits per heavy atom. The molecule has 1 aromatic carbocycles. The Hall–Kier alpha value is -2.09. The molecular formula is C14H9ClF4O4. The summed E-state index contributed by atoms with van der Waals surface area (Å²) in [7, 11) is 0. The third-order valence-corrected chi connectivity index (χ3v) is 3.20. The smallest absolute Gasteiger partial charge is 0.417 e. The lowest BCUT2D eigenvalue weighted by atomic mass is 10.1. The van der Waals surface area contributed by atoms with E-state index in [1.807, 2.05) is 0 Å². The van der Waals surface area contributed by atoms with Gasteiger partial charge in [0.25, 0.3) is 5.79 Å². The van der Waals surface area contributed by atoms with Gasteiger partial charge >= 0.3 is 18.1 Å². The van der Waals surface area contributed by atoms with Crippen molar-refractivity contribution in [3.05, 3.63) is 39.7 Å². The summed E-state index contributed by atoms with van der Waals surface area (Å²) in [4.78, 5) is 23.4. The highest BCUT2D eigenvalue weighted by Crippen LogP contribution is 2.37. The molecule has 4 nitrogen and oxygen atoms in total. The topological polar surface area (TPSA) is 52.6 Å². The molecule has 0 bridgehead atoms. The van der Waals surface area contributed by atoms with Crippen LogP contribution in [0.3, 0.4) is 0 Å². The van der Waals surface area contributed by atoms with Crippen LogP contribution in [0.1, 0.15) is 25.0 Å². The number of hydrogen-bond acceptors (Lipinski definition) is 4. The van der Waals surface area contributed by atoms with Gasteiger partial charge in [0.05, 0.1) is 10.6 Å². The molecule has 1 heterocycles. The van der Waals surface area contributed by atoms with Crippen molar-refractivity contribution in [2.24, 2.45) is 0 Å². The van der Waals surface area contributed by atoms with Gasteiger partial charge in [-0.15, -0.1) is 0 Å². The van der Waals surface area contributed by atoms with Crippen molar-refractivity contribution >= 4 is 29.6 Å². The van der Waals surface area contributed by atoms with Gasteiger partial charge in [0.1, 0.15) is 11.4 Å². The van der Waals surface area contributed by atoms with E-state index >= 15 is 0 Å². The van der Waals surface area contributed by atoms with E-state index < -0.39 is 51.4 Å². The maximum absolute atomic E-state index is 14.0. The predicted molar refractivity (Wildman–Crippen MR) is 70.7 cm³/mol. The summed E-state index contributed by atoms with van der Waals surface area (Å²) in [6, 6.07) is 1.29.